The van der Waals surface area contributed by atoms with Crippen LogP contribution in [0.4, 0.5) is 0 Å². The van der Waals surface area contributed by atoms with E-state index in [0.29, 0.717) is 5.92 Å². The Labute approximate surface area is 151 Å². The summed E-state index contributed by atoms with van der Waals surface area (Å²) in [7, 11) is 0. The first-order valence-corrected chi connectivity index (χ1v) is 9.49. The second-order valence-electron chi connectivity index (χ2n) is 6.69. The van der Waals surface area contributed by atoms with Gasteiger partial charge in [0.2, 0.25) is 0 Å². The number of nitrogens with zero attached hydrogens (tertiary/aromatic N) is 5. The van der Waals surface area contributed by atoms with Gasteiger partial charge in [0, 0.05) is 67.1 Å². The van der Waals surface area contributed by atoms with Crippen molar-refractivity contribution in [1.29, 1.82) is 0 Å². The summed E-state index contributed by atoms with van der Waals surface area (Å²) in [6.07, 6.45) is 6.49. The van der Waals surface area contributed by atoms with Crippen molar-refractivity contribution in [3.8, 4) is 11.4 Å². The highest BCUT2D eigenvalue weighted by Gasteiger charge is 2.20. The molecule has 0 fully saturated rings. The van der Waals surface area contributed by atoms with Gasteiger partial charge in [-0.2, -0.15) is 0 Å². The van der Waals surface area contributed by atoms with E-state index < -0.39 is 0 Å². The van der Waals surface area contributed by atoms with E-state index in [2.05, 4.69) is 34.1 Å². The highest BCUT2D eigenvalue weighted by molar-refractivity contribution is 7.09. The predicted octanol–water partition coefficient (Wildman–Crippen LogP) is 3.68. The van der Waals surface area contributed by atoms with Gasteiger partial charge in [0.25, 0.3) is 0 Å². The molecule has 1 aliphatic heterocycles. The van der Waals surface area contributed by atoms with Crippen LogP contribution in [0.3, 0.4) is 0 Å². The van der Waals surface area contributed by atoms with Crippen LogP contribution in [0.1, 0.15) is 41.7 Å². The number of thiazole rings is 1. The fraction of sp³-hybridized carbons (Fsp3) is 0.368. The normalized spacial score (nSPS) is 14.7. The highest BCUT2D eigenvalue weighted by Crippen LogP contribution is 2.24. The molecule has 0 amide bonds. The standard InChI is InChI=1S/C19H21N5S/c1-13(2)19-22-16(12-25-19)11-24-8-5-17-15(10-24)9-21-18(23-17)14-3-6-20-7-4-14/h3-4,6-7,9,12-13H,5,8,10-11H2,1-2H3. The smallest absolute Gasteiger partial charge is 0.159 e. The molecule has 3 aromatic rings. The predicted molar refractivity (Wildman–Crippen MR) is 99.3 cm³/mol. The van der Waals surface area contributed by atoms with E-state index in [0.717, 1.165) is 37.4 Å². The summed E-state index contributed by atoms with van der Waals surface area (Å²) in [5.74, 6) is 1.29. The van der Waals surface area contributed by atoms with Crippen LogP contribution in [0, 0.1) is 0 Å². The number of pyridine rings is 1. The lowest BCUT2D eigenvalue weighted by molar-refractivity contribution is 0.240. The quantitative estimate of drug-likeness (QED) is 0.718. The Hall–Kier alpha value is -2.18. The summed E-state index contributed by atoms with van der Waals surface area (Å²) in [6.45, 7) is 7.18. The lowest BCUT2D eigenvalue weighted by Crippen LogP contribution is -2.31. The maximum atomic E-state index is 4.77. The Morgan fingerprint density at radius 3 is 2.80 bits per heavy atom. The molecule has 0 radical (unpaired) electrons. The summed E-state index contributed by atoms with van der Waals surface area (Å²) in [5.41, 5.74) is 4.58. The molecule has 4 heterocycles. The minimum absolute atomic E-state index is 0.501. The summed E-state index contributed by atoms with van der Waals surface area (Å²) in [5, 5.41) is 3.41. The van der Waals surface area contributed by atoms with Crippen molar-refractivity contribution in [2.75, 3.05) is 6.54 Å². The van der Waals surface area contributed by atoms with Crippen LogP contribution in [0.15, 0.2) is 36.1 Å². The first-order chi connectivity index (χ1) is 12.2. The van der Waals surface area contributed by atoms with Crippen LogP contribution in [0.5, 0.6) is 0 Å². The van der Waals surface area contributed by atoms with Crippen molar-refractivity contribution >= 4 is 11.3 Å². The molecular weight excluding hydrogens is 330 g/mol. The van der Waals surface area contributed by atoms with E-state index in [9.17, 15) is 0 Å². The lowest BCUT2D eigenvalue weighted by Gasteiger charge is -2.27. The fourth-order valence-electron chi connectivity index (χ4n) is 3.04. The average Bonchev–Trinajstić information content (AvgIpc) is 3.11. The maximum absolute atomic E-state index is 4.77. The zero-order valence-electron chi connectivity index (χ0n) is 14.5. The van der Waals surface area contributed by atoms with E-state index in [4.69, 9.17) is 9.97 Å². The molecular formula is C19H21N5S. The molecule has 1 aliphatic rings. The molecule has 0 bridgehead atoms. The maximum Gasteiger partial charge on any atom is 0.159 e. The van der Waals surface area contributed by atoms with E-state index in [1.165, 1.54) is 22.0 Å². The van der Waals surface area contributed by atoms with Crippen LogP contribution < -0.4 is 0 Å². The number of rotatable bonds is 4. The van der Waals surface area contributed by atoms with Crippen molar-refractivity contribution < 1.29 is 0 Å². The molecule has 3 aromatic heterocycles. The van der Waals surface area contributed by atoms with Gasteiger partial charge in [0.05, 0.1) is 16.4 Å². The molecule has 4 rings (SSSR count). The van der Waals surface area contributed by atoms with Crippen LogP contribution >= 0.6 is 11.3 Å². The summed E-state index contributed by atoms with van der Waals surface area (Å²) >= 11 is 1.76. The summed E-state index contributed by atoms with van der Waals surface area (Å²) in [4.78, 5) is 20.6. The Morgan fingerprint density at radius 2 is 2.04 bits per heavy atom. The average molecular weight is 351 g/mol. The largest absolute Gasteiger partial charge is 0.293 e. The Kier molecular flexibility index (Phi) is 4.55. The molecule has 0 atom stereocenters. The van der Waals surface area contributed by atoms with Gasteiger partial charge in [-0.15, -0.1) is 11.3 Å². The van der Waals surface area contributed by atoms with E-state index >= 15 is 0 Å². The third-order valence-corrected chi connectivity index (χ3v) is 5.59. The summed E-state index contributed by atoms with van der Waals surface area (Å²) in [6, 6.07) is 3.90. The van der Waals surface area contributed by atoms with Crippen LogP contribution in [0.2, 0.25) is 0 Å². The van der Waals surface area contributed by atoms with Gasteiger partial charge in [-0.3, -0.25) is 9.88 Å². The molecule has 5 nitrogen and oxygen atoms in total. The molecule has 0 saturated heterocycles. The molecule has 0 unspecified atom stereocenters. The fourth-order valence-corrected chi connectivity index (χ4v) is 3.87. The Bertz CT molecular complexity index is 859. The van der Waals surface area contributed by atoms with Crippen molar-refractivity contribution in [3.05, 3.63) is 58.1 Å². The molecule has 128 valence electrons. The van der Waals surface area contributed by atoms with E-state index in [1.807, 2.05) is 18.3 Å². The molecule has 6 heteroatoms. The van der Waals surface area contributed by atoms with Crippen LogP contribution in [0.25, 0.3) is 11.4 Å². The highest BCUT2D eigenvalue weighted by atomic mass is 32.1. The van der Waals surface area contributed by atoms with Gasteiger partial charge < -0.3 is 0 Å². The van der Waals surface area contributed by atoms with Crippen molar-refractivity contribution in [3.63, 3.8) is 0 Å². The van der Waals surface area contributed by atoms with Crippen molar-refractivity contribution in [2.45, 2.75) is 39.3 Å². The van der Waals surface area contributed by atoms with Crippen molar-refractivity contribution in [1.82, 2.24) is 24.8 Å². The minimum atomic E-state index is 0.501. The first kappa shape index (κ1) is 16.3. The third kappa shape index (κ3) is 3.60. The zero-order valence-corrected chi connectivity index (χ0v) is 15.3. The van der Waals surface area contributed by atoms with Gasteiger partial charge in [0.1, 0.15) is 0 Å². The van der Waals surface area contributed by atoms with Crippen LogP contribution in [-0.4, -0.2) is 31.4 Å². The molecule has 0 spiro atoms. The Morgan fingerprint density at radius 1 is 1.20 bits per heavy atom. The molecule has 0 saturated carbocycles. The third-order valence-electron chi connectivity index (χ3n) is 4.40. The molecule has 25 heavy (non-hydrogen) atoms. The monoisotopic (exact) mass is 351 g/mol. The van der Waals surface area contributed by atoms with Crippen LogP contribution in [-0.2, 0) is 19.5 Å². The topological polar surface area (TPSA) is 54.8 Å². The Balaban J connectivity index is 1.48. The SMILES string of the molecule is CC(C)c1nc(CN2CCc3nc(-c4ccncc4)ncc3C2)cs1. The summed E-state index contributed by atoms with van der Waals surface area (Å²) < 4.78 is 0. The number of hydrogen-bond acceptors (Lipinski definition) is 6. The minimum Gasteiger partial charge on any atom is -0.293 e. The van der Waals surface area contributed by atoms with Gasteiger partial charge >= 0.3 is 0 Å². The first-order valence-electron chi connectivity index (χ1n) is 8.61. The van der Waals surface area contributed by atoms with E-state index in [-0.39, 0.29) is 0 Å². The molecule has 0 N–H and O–H groups in total. The zero-order chi connectivity index (χ0) is 17.2. The van der Waals surface area contributed by atoms with Crippen molar-refractivity contribution in [2.24, 2.45) is 0 Å². The number of aromatic nitrogens is 4. The van der Waals surface area contributed by atoms with Gasteiger partial charge in [0.15, 0.2) is 5.82 Å². The molecule has 0 aromatic carbocycles. The lowest BCUT2D eigenvalue weighted by atomic mass is 10.1. The second kappa shape index (κ2) is 6.98. The van der Waals surface area contributed by atoms with E-state index in [1.54, 1.807) is 23.7 Å². The molecule has 0 aliphatic carbocycles. The second-order valence-corrected chi connectivity index (χ2v) is 7.58. The number of hydrogen-bond donors (Lipinski definition) is 0. The van der Waals surface area contributed by atoms with Gasteiger partial charge in [-0.25, -0.2) is 15.0 Å². The van der Waals surface area contributed by atoms with Gasteiger partial charge in [-0.05, 0) is 12.1 Å². The number of fused-ring (bicyclic) bond motifs is 1. The van der Waals surface area contributed by atoms with Gasteiger partial charge in [-0.1, -0.05) is 13.8 Å².